The van der Waals surface area contributed by atoms with E-state index in [-0.39, 0.29) is 0 Å². The quantitative estimate of drug-likeness (QED) is 0.621. The fraction of sp³-hybridized carbons (Fsp3) is 0.190. The molecule has 1 heterocycles. The molecule has 22 heavy (non-hydrogen) atoms. The zero-order valence-corrected chi connectivity index (χ0v) is 12.9. The Kier molecular flexibility index (Phi) is 3.34. The second-order valence-corrected chi connectivity index (χ2v) is 5.47. The van der Waals surface area contributed by atoms with Crippen LogP contribution in [0.1, 0.15) is 40.5 Å². The van der Waals surface area contributed by atoms with E-state index < -0.39 is 12.3 Å². The Bertz CT molecular complexity index is 853. The molecule has 3 aromatic rings. The van der Waals surface area contributed by atoms with E-state index in [1.807, 2.05) is 48.5 Å². The average molecular weight is 290 g/mol. The summed E-state index contributed by atoms with van der Waals surface area (Å²) in [4.78, 5) is 4.50. The molecule has 110 valence electrons. The molecule has 0 radical (unpaired) electrons. The first-order chi connectivity index (χ1) is 11.8. The van der Waals surface area contributed by atoms with Crippen LogP contribution in [0, 0.1) is 0 Å². The molecule has 2 aromatic carbocycles. The third-order valence-corrected chi connectivity index (χ3v) is 3.56. The highest BCUT2D eigenvalue weighted by atomic mass is 14.7. The number of aromatic nitrogens is 1. The number of hydrogen-bond acceptors (Lipinski definition) is 1. The van der Waals surface area contributed by atoms with Crippen molar-refractivity contribution >= 4 is 0 Å². The zero-order chi connectivity index (χ0) is 18.1. The number of hydrogen-bond donors (Lipinski definition) is 0. The normalized spacial score (nSPS) is 14.0. The maximum atomic E-state index is 8.74. The minimum absolute atomic E-state index is 0.493. The van der Waals surface area contributed by atoms with Gasteiger partial charge < -0.3 is 0 Å². The first-order valence-electron chi connectivity index (χ1n) is 8.92. The van der Waals surface area contributed by atoms with Crippen LogP contribution in [0.5, 0.6) is 0 Å². The molecule has 1 aromatic heterocycles. The molecule has 0 aliphatic heterocycles. The van der Waals surface area contributed by atoms with Crippen molar-refractivity contribution < 1.29 is 4.11 Å². The van der Waals surface area contributed by atoms with Crippen molar-refractivity contribution in [3.8, 4) is 11.3 Å². The van der Waals surface area contributed by atoms with E-state index in [2.05, 4.69) is 4.98 Å². The van der Waals surface area contributed by atoms with E-state index in [9.17, 15) is 0 Å². The second kappa shape index (κ2) is 6.57. The van der Waals surface area contributed by atoms with Crippen molar-refractivity contribution in [3.05, 3.63) is 89.6 Å². The van der Waals surface area contributed by atoms with Crippen LogP contribution in [0.2, 0.25) is 0 Å². The summed E-state index contributed by atoms with van der Waals surface area (Å²) in [6.07, 6.45) is -0.0627. The van der Waals surface area contributed by atoms with Crippen LogP contribution < -0.4 is 0 Å². The Morgan fingerprint density at radius 2 is 1.64 bits per heavy atom. The highest BCUT2D eigenvalue weighted by molar-refractivity contribution is 5.60. The Balaban J connectivity index is 2.22. The van der Waals surface area contributed by atoms with Crippen LogP contribution in [0.4, 0.5) is 0 Å². The molecule has 0 saturated carbocycles. The molecule has 1 nitrogen and oxygen atoms in total. The predicted molar refractivity (Wildman–Crippen MR) is 93.0 cm³/mol. The molecular weight excluding hydrogens is 266 g/mol. The summed E-state index contributed by atoms with van der Waals surface area (Å²) in [6, 6.07) is 20.6. The van der Waals surface area contributed by atoms with Gasteiger partial charge in [-0.1, -0.05) is 74.5 Å². The number of benzene rings is 2. The molecule has 1 heteroatoms. The zero-order valence-electron chi connectivity index (χ0n) is 15.9. The smallest absolute Gasteiger partial charge is 0.0705 e. The first kappa shape index (κ1) is 11.2. The Hall–Kier alpha value is -2.41. The van der Waals surface area contributed by atoms with Crippen LogP contribution in [0.25, 0.3) is 11.3 Å². The van der Waals surface area contributed by atoms with Gasteiger partial charge in [-0.3, -0.25) is 4.98 Å². The Labute approximate surface area is 136 Å². The van der Waals surface area contributed by atoms with Gasteiger partial charge >= 0.3 is 0 Å². The number of rotatable bonds is 4. The van der Waals surface area contributed by atoms with Crippen LogP contribution >= 0.6 is 0 Å². The standard InChI is InChI=1S/C21H21N/c1-16(2)20-15-22-21(18-11-7-4-8-12-18)14-19(20)13-17-9-5-3-6-10-17/h3-12,14-16H,13H2,1-2H3/i13D2,16D. The summed E-state index contributed by atoms with van der Waals surface area (Å²) in [5.41, 5.74) is 3.31. The summed E-state index contributed by atoms with van der Waals surface area (Å²) in [7, 11) is 0. The lowest BCUT2D eigenvalue weighted by atomic mass is 9.93. The maximum Gasteiger partial charge on any atom is 0.0705 e. The van der Waals surface area contributed by atoms with Gasteiger partial charge in [-0.15, -0.1) is 0 Å². The van der Waals surface area contributed by atoms with Gasteiger partial charge in [0.15, 0.2) is 0 Å². The molecule has 0 unspecified atom stereocenters. The fourth-order valence-corrected chi connectivity index (χ4v) is 2.40. The third-order valence-electron chi connectivity index (χ3n) is 3.56. The van der Waals surface area contributed by atoms with E-state index >= 15 is 0 Å². The lowest BCUT2D eigenvalue weighted by molar-refractivity contribution is 0.840. The number of pyridine rings is 1. The van der Waals surface area contributed by atoms with E-state index in [1.165, 1.54) is 0 Å². The van der Waals surface area contributed by atoms with Gasteiger partial charge in [-0.2, -0.15) is 0 Å². The summed E-state index contributed by atoms with van der Waals surface area (Å²) in [6.45, 7) is 3.52. The summed E-state index contributed by atoms with van der Waals surface area (Å²) in [5.74, 6) is -0.945. The van der Waals surface area contributed by atoms with E-state index in [4.69, 9.17) is 4.11 Å². The van der Waals surface area contributed by atoms with E-state index in [1.54, 1.807) is 38.2 Å². The topological polar surface area (TPSA) is 12.9 Å². The molecule has 0 amide bonds. The number of nitrogens with zero attached hydrogens (tertiary/aromatic N) is 1. The summed E-state index contributed by atoms with van der Waals surface area (Å²) >= 11 is 0. The van der Waals surface area contributed by atoms with E-state index in [0.717, 1.165) is 5.56 Å². The van der Waals surface area contributed by atoms with Crippen molar-refractivity contribution in [2.45, 2.75) is 26.1 Å². The lowest BCUT2D eigenvalue weighted by Gasteiger charge is -2.14. The monoisotopic (exact) mass is 290 g/mol. The molecule has 0 aliphatic rings. The first-order valence-corrected chi connectivity index (χ1v) is 7.42. The van der Waals surface area contributed by atoms with Gasteiger partial charge in [-0.25, -0.2) is 0 Å². The predicted octanol–water partition coefficient (Wildman–Crippen LogP) is 5.46. The molecule has 0 atom stereocenters. The van der Waals surface area contributed by atoms with E-state index in [0.29, 0.717) is 22.4 Å². The molecule has 0 N–H and O–H groups in total. The third kappa shape index (κ3) is 3.25. The maximum absolute atomic E-state index is 8.74. The average Bonchev–Trinajstić information content (AvgIpc) is 2.62. The van der Waals surface area contributed by atoms with Crippen LogP contribution in [0.3, 0.4) is 0 Å². The van der Waals surface area contributed by atoms with Crippen molar-refractivity contribution in [2.24, 2.45) is 0 Å². The highest BCUT2D eigenvalue weighted by Crippen LogP contribution is 2.26. The Morgan fingerprint density at radius 3 is 2.27 bits per heavy atom. The molecule has 0 bridgehead atoms. The van der Waals surface area contributed by atoms with Gasteiger partial charge in [0, 0.05) is 15.9 Å². The summed E-state index contributed by atoms with van der Waals surface area (Å²) in [5, 5.41) is 0. The SMILES string of the molecule is [2H]C(C)(C)c1cnc(-c2ccccc2)cc1C([2H])([2H])c1ccccc1. The molecule has 0 saturated heterocycles. The molecule has 0 fully saturated rings. The molecule has 0 spiro atoms. The Morgan fingerprint density at radius 1 is 1.00 bits per heavy atom. The van der Waals surface area contributed by atoms with Crippen LogP contribution in [-0.4, -0.2) is 4.98 Å². The fourth-order valence-electron chi connectivity index (χ4n) is 2.40. The largest absolute Gasteiger partial charge is 0.256 e. The van der Waals surface area contributed by atoms with Gasteiger partial charge in [0.25, 0.3) is 0 Å². The van der Waals surface area contributed by atoms with Gasteiger partial charge in [0.05, 0.1) is 5.69 Å². The van der Waals surface area contributed by atoms with Crippen molar-refractivity contribution in [1.29, 1.82) is 0 Å². The highest BCUT2D eigenvalue weighted by Gasteiger charge is 2.10. The van der Waals surface area contributed by atoms with Gasteiger partial charge in [0.2, 0.25) is 0 Å². The van der Waals surface area contributed by atoms with Crippen molar-refractivity contribution in [1.82, 2.24) is 4.98 Å². The lowest BCUT2D eigenvalue weighted by Crippen LogP contribution is -2.00. The second-order valence-electron chi connectivity index (χ2n) is 5.47. The van der Waals surface area contributed by atoms with Gasteiger partial charge in [0.1, 0.15) is 0 Å². The van der Waals surface area contributed by atoms with Crippen LogP contribution in [0.15, 0.2) is 72.9 Å². The molecule has 3 rings (SSSR count). The minimum atomic E-state index is -1.71. The molecule has 0 aliphatic carbocycles. The summed E-state index contributed by atoms with van der Waals surface area (Å²) < 4.78 is 25.9. The minimum Gasteiger partial charge on any atom is -0.256 e. The van der Waals surface area contributed by atoms with Crippen LogP contribution in [-0.2, 0) is 6.37 Å². The molecular formula is C21H21N. The van der Waals surface area contributed by atoms with Crippen molar-refractivity contribution in [3.63, 3.8) is 0 Å². The van der Waals surface area contributed by atoms with Crippen molar-refractivity contribution in [2.75, 3.05) is 0 Å². The van der Waals surface area contributed by atoms with Gasteiger partial charge in [-0.05, 0) is 35.0 Å².